The molecule has 0 unspecified atom stereocenters. The molecule has 0 spiro atoms. The first kappa shape index (κ1) is 18.2. The average molecular weight is 415 g/mol. The molecule has 5 rings (SSSR count). The molecule has 6 nitrogen and oxygen atoms in total. The molecule has 3 aromatic heterocycles. The van der Waals surface area contributed by atoms with Crippen molar-refractivity contribution in [1.29, 1.82) is 5.26 Å². The zero-order valence-corrected chi connectivity index (χ0v) is 16.4. The van der Waals surface area contributed by atoms with Crippen molar-refractivity contribution in [1.82, 2.24) is 19.2 Å². The van der Waals surface area contributed by atoms with Crippen molar-refractivity contribution in [2.75, 3.05) is 0 Å². The van der Waals surface area contributed by atoms with Gasteiger partial charge in [-0.05, 0) is 42.5 Å². The Morgan fingerprint density at radius 1 is 1.17 bits per heavy atom. The molecule has 5 aromatic rings. The molecule has 0 fully saturated rings. The molecule has 2 aromatic carbocycles. The van der Waals surface area contributed by atoms with E-state index in [1.807, 2.05) is 24.3 Å². The van der Waals surface area contributed by atoms with Gasteiger partial charge in [0.2, 0.25) is 0 Å². The van der Waals surface area contributed by atoms with E-state index in [1.165, 1.54) is 23.5 Å². The number of hydrogen-bond acceptors (Lipinski definition) is 5. The van der Waals surface area contributed by atoms with Crippen LogP contribution < -0.4 is 10.1 Å². The Kier molecular flexibility index (Phi) is 4.38. The van der Waals surface area contributed by atoms with Gasteiger partial charge in [-0.1, -0.05) is 23.5 Å². The van der Waals surface area contributed by atoms with Crippen LogP contribution >= 0.6 is 11.3 Å². The summed E-state index contributed by atoms with van der Waals surface area (Å²) in [6, 6.07) is 15.7. The predicted molar refractivity (Wildman–Crippen MR) is 113 cm³/mol. The molecule has 0 aliphatic rings. The zero-order chi connectivity index (χ0) is 20.7. The van der Waals surface area contributed by atoms with Crippen LogP contribution in [0.25, 0.3) is 33.3 Å². The third-order valence-corrected chi connectivity index (χ3v) is 5.76. The molecule has 0 N–H and O–H groups in total. The van der Waals surface area contributed by atoms with Gasteiger partial charge >= 0.3 is 0 Å². The number of para-hydroxylation sites is 2. The number of aryl methyl sites for hydroxylation is 1. The fourth-order valence-electron chi connectivity index (χ4n) is 3.41. The molecule has 0 aliphatic carbocycles. The Morgan fingerprint density at radius 3 is 2.77 bits per heavy atom. The lowest BCUT2D eigenvalue weighted by molar-refractivity contribution is 0.626. The number of nitrogens with zero attached hydrogens (tertiary/aromatic N) is 5. The zero-order valence-electron chi connectivity index (χ0n) is 15.6. The average Bonchev–Trinajstić information content (AvgIpc) is 3.40. The molecule has 0 amide bonds. The predicted octanol–water partition coefficient (Wildman–Crippen LogP) is 3.37. The van der Waals surface area contributed by atoms with Crippen LogP contribution in [0.5, 0.6) is 0 Å². The summed E-state index contributed by atoms with van der Waals surface area (Å²) in [6.07, 6.45) is 3.90. The molecular weight excluding hydrogens is 401 g/mol. The highest BCUT2D eigenvalue weighted by Crippen LogP contribution is 2.24. The highest BCUT2D eigenvalue weighted by molar-refractivity contribution is 7.15. The number of benzene rings is 2. The summed E-state index contributed by atoms with van der Waals surface area (Å²) in [4.78, 5) is 18.2. The van der Waals surface area contributed by atoms with E-state index in [-0.39, 0.29) is 11.4 Å². The molecule has 0 saturated carbocycles. The van der Waals surface area contributed by atoms with Gasteiger partial charge in [-0.15, -0.1) is 0 Å². The van der Waals surface area contributed by atoms with Crippen molar-refractivity contribution < 1.29 is 4.39 Å². The molecule has 3 heterocycles. The Bertz CT molecular complexity index is 1540. The summed E-state index contributed by atoms with van der Waals surface area (Å²) in [5.74, 6) is -0.332. The maximum Gasteiger partial charge on any atom is 0.274 e. The minimum Gasteiger partial charge on any atom is -0.270 e. The van der Waals surface area contributed by atoms with Crippen molar-refractivity contribution in [3.8, 4) is 17.3 Å². The van der Waals surface area contributed by atoms with E-state index in [0.29, 0.717) is 28.2 Å². The van der Waals surface area contributed by atoms with Crippen molar-refractivity contribution >= 4 is 33.4 Å². The van der Waals surface area contributed by atoms with Gasteiger partial charge in [0.25, 0.3) is 5.56 Å². The number of imidazole rings is 1. The van der Waals surface area contributed by atoms with Crippen LogP contribution in [-0.4, -0.2) is 19.2 Å². The van der Waals surface area contributed by atoms with Gasteiger partial charge in [-0.2, -0.15) is 10.4 Å². The van der Waals surface area contributed by atoms with Crippen LogP contribution in [0.2, 0.25) is 0 Å². The Morgan fingerprint density at radius 2 is 1.97 bits per heavy atom. The quantitative estimate of drug-likeness (QED) is 0.451. The summed E-state index contributed by atoms with van der Waals surface area (Å²) >= 11 is 1.31. The number of aromatic nitrogens is 4. The van der Waals surface area contributed by atoms with Crippen LogP contribution in [0.15, 0.2) is 59.5 Å². The summed E-state index contributed by atoms with van der Waals surface area (Å²) in [7, 11) is 0. The molecule has 0 bridgehead atoms. The van der Waals surface area contributed by atoms with Gasteiger partial charge in [0.15, 0.2) is 4.96 Å². The van der Waals surface area contributed by atoms with Crippen molar-refractivity contribution in [3.05, 3.63) is 81.0 Å². The fraction of sp³-hybridized carbons (Fsp3) is 0.0909. The number of rotatable bonds is 4. The molecule has 0 aliphatic heterocycles. The maximum absolute atomic E-state index is 13.4. The fourth-order valence-corrected chi connectivity index (χ4v) is 4.38. The lowest BCUT2D eigenvalue weighted by Crippen LogP contribution is -2.22. The number of thiazole rings is 1. The van der Waals surface area contributed by atoms with Gasteiger partial charge in [0.1, 0.15) is 5.82 Å². The van der Waals surface area contributed by atoms with Gasteiger partial charge in [-0.3, -0.25) is 9.48 Å². The van der Waals surface area contributed by atoms with E-state index >= 15 is 0 Å². The topological polar surface area (TPSA) is 76.0 Å². The first-order valence-corrected chi connectivity index (χ1v) is 10.1. The van der Waals surface area contributed by atoms with Gasteiger partial charge < -0.3 is 0 Å². The van der Waals surface area contributed by atoms with E-state index < -0.39 is 0 Å². The molecule has 8 heteroatoms. The second-order valence-electron chi connectivity index (χ2n) is 6.75. The number of nitriles is 1. The van der Waals surface area contributed by atoms with Crippen molar-refractivity contribution in [2.45, 2.75) is 13.0 Å². The molecular formula is C22H14FN5OS. The van der Waals surface area contributed by atoms with Crippen LogP contribution in [0, 0.1) is 17.1 Å². The number of hydrogen-bond donors (Lipinski definition) is 0. The maximum atomic E-state index is 13.4. The monoisotopic (exact) mass is 415 g/mol. The molecule has 30 heavy (non-hydrogen) atoms. The van der Waals surface area contributed by atoms with Gasteiger partial charge in [0.05, 0.1) is 40.3 Å². The third kappa shape index (κ3) is 3.06. The lowest BCUT2D eigenvalue weighted by atomic mass is 10.1. The van der Waals surface area contributed by atoms with Crippen LogP contribution in [0.3, 0.4) is 0 Å². The minimum absolute atomic E-state index is 0.140. The largest absolute Gasteiger partial charge is 0.274 e. The Balaban J connectivity index is 1.69. The second kappa shape index (κ2) is 7.21. The SMILES string of the molecule is N#CCCn1cc(/C=c2\sc3nc4ccccc4n3c2=O)c(-c2ccc(F)cc2)n1. The van der Waals surface area contributed by atoms with Crippen LogP contribution in [-0.2, 0) is 6.54 Å². The Labute approximate surface area is 173 Å². The van der Waals surface area contributed by atoms with Gasteiger partial charge in [-0.25, -0.2) is 13.8 Å². The van der Waals surface area contributed by atoms with E-state index in [2.05, 4.69) is 16.2 Å². The number of fused-ring (bicyclic) bond motifs is 3. The van der Waals surface area contributed by atoms with Crippen LogP contribution in [0.1, 0.15) is 12.0 Å². The highest BCUT2D eigenvalue weighted by Gasteiger charge is 2.14. The first-order chi connectivity index (χ1) is 14.6. The van der Waals surface area contributed by atoms with Gasteiger partial charge in [0, 0.05) is 17.3 Å². The smallest absolute Gasteiger partial charge is 0.270 e. The second-order valence-corrected chi connectivity index (χ2v) is 7.75. The van der Waals surface area contributed by atoms with E-state index in [1.54, 1.807) is 33.5 Å². The van der Waals surface area contributed by atoms with E-state index in [0.717, 1.165) is 22.2 Å². The minimum atomic E-state index is -0.332. The molecule has 146 valence electrons. The third-order valence-electron chi connectivity index (χ3n) is 4.79. The van der Waals surface area contributed by atoms with E-state index in [4.69, 9.17) is 5.26 Å². The normalized spacial score (nSPS) is 12.1. The molecule has 0 saturated heterocycles. The van der Waals surface area contributed by atoms with E-state index in [9.17, 15) is 9.18 Å². The van der Waals surface area contributed by atoms with Crippen molar-refractivity contribution in [2.24, 2.45) is 0 Å². The molecule has 0 radical (unpaired) electrons. The number of halogens is 1. The summed E-state index contributed by atoms with van der Waals surface area (Å²) in [6.45, 7) is 0.432. The summed E-state index contributed by atoms with van der Waals surface area (Å²) in [5, 5.41) is 13.4. The highest BCUT2D eigenvalue weighted by atomic mass is 32.1. The standard InChI is InChI=1S/C22H14FN5OS/c23-16-8-6-14(7-9-16)20-15(13-27(26-20)11-3-10-24)12-19-21(29)28-18-5-2-1-4-17(18)25-22(28)30-19/h1-2,4-9,12-13H,3,11H2/b19-12-. The summed E-state index contributed by atoms with van der Waals surface area (Å²) < 4.78 is 17.2. The molecule has 0 atom stereocenters. The lowest BCUT2D eigenvalue weighted by Gasteiger charge is -1.99. The van der Waals surface area contributed by atoms with Crippen LogP contribution in [0.4, 0.5) is 4.39 Å². The summed E-state index contributed by atoms with van der Waals surface area (Å²) in [5.41, 5.74) is 3.51. The first-order valence-electron chi connectivity index (χ1n) is 9.26. The Hall–Kier alpha value is -3.83. The van der Waals surface area contributed by atoms with Crippen molar-refractivity contribution in [3.63, 3.8) is 0 Å².